The van der Waals surface area contributed by atoms with Crippen LogP contribution < -0.4 is 10.5 Å². The first kappa shape index (κ1) is 24.7. The summed E-state index contributed by atoms with van der Waals surface area (Å²) in [7, 11) is -4.18. The van der Waals surface area contributed by atoms with E-state index in [9.17, 15) is 31.0 Å². The number of rotatable bonds is 4. The Labute approximate surface area is 196 Å². The summed E-state index contributed by atoms with van der Waals surface area (Å²) in [6, 6.07) is 3.00. The smallest absolute Gasteiger partial charge is 0.304 e. The number of nitrogens with two attached hydrogens (primary N) is 1. The summed E-state index contributed by atoms with van der Waals surface area (Å²) in [6.07, 6.45) is -3.03. The molecule has 0 aliphatic heterocycles. The third-order valence-electron chi connectivity index (χ3n) is 5.34. The molecule has 0 bridgehead atoms. The van der Waals surface area contributed by atoms with E-state index in [0.29, 0.717) is 12.0 Å². The Hall–Kier alpha value is -3.39. The quantitative estimate of drug-likeness (QED) is 0.492. The molecule has 35 heavy (non-hydrogen) atoms. The fourth-order valence-electron chi connectivity index (χ4n) is 3.88. The van der Waals surface area contributed by atoms with Crippen molar-refractivity contribution in [1.82, 2.24) is 14.8 Å². The van der Waals surface area contributed by atoms with E-state index in [1.54, 1.807) is 6.92 Å². The highest BCUT2D eigenvalue weighted by Gasteiger charge is 2.40. The van der Waals surface area contributed by atoms with Crippen molar-refractivity contribution in [2.24, 2.45) is 9.50 Å². The summed E-state index contributed by atoms with van der Waals surface area (Å²) < 4.78 is 87.2. The molecule has 2 aromatic heterocycles. The molecule has 1 aliphatic rings. The first-order valence-electron chi connectivity index (χ1n) is 10.4. The van der Waals surface area contributed by atoms with Crippen molar-refractivity contribution in [3.63, 3.8) is 0 Å². The molecule has 2 amide bonds. The normalized spacial score (nSPS) is 14.9. The number of pyridine rings is 1. The number of halogens is 5. The van der Waals surface area contributed by atoms with Crippen molar-refractivity contribution in [3.8, 4) is 11.1 Å². The summed E-state index contributed by atoms with van der Waals surface area (Å²) >= 11 is 0. The van der Waals surface area contributed by atoms with Crippen molar-refractivity contribution in [2.75, 3.05) is 5.32 Å². The lowest BCUT2D eigenvalue weighted by Gasteiger charge is -2.20. The van der Waals surface area contributed by atoms with Crippen LogP contribution in [0.25, 0.3) is 11.1 Å². The third-order valence-corrected chi connectivity index (χ3v) is 6.61. The van der Waals surface area contributed by atoms with Gasteiger partial charge in [0, 0.05) is 17.8 Å². The molecule has 14 heteroatoms. The molecule has 0 saturated carbocycles. The van der Waals surface area contributed by atoms with E-state index in [1.165, 1.54) is 12.1 Å². The van der Waals surface area contributed by atoms with Crippen molar-refractivity contribution in [1.29, 1.82) is 0 Å². The van der Waals surface area contributed by atoms with Crippen LogP contribution in [0.4, 0.5) is 32.4 Å². The lowest BCUT2D eigenvalue weighted by Crippen LogP contribution is -2.21. The van der Waals surface area contributed by atoms with E-state index in [-0.39, 0.29) is 36.3 Å². The number of aryl methyl sites for hydroxylation is 2. The molecule has 3 N–H and O–H groups in total. The predicted octanol–water partition coefficient (Wildman–Crippen LogP) is 4.68. The fourth-order valence-corrected chi connectivity index (χ4v) is 4.82. The molecule has 1 aliphatic carbocycles. The Morgan fingerprint density at radius 1 is 1.29 bits per heavy atom. The Kier molecular flexibility index (Phi) is 6.36. The average Bonchev–Trinajstić information content (AvgIpc) is 3.39. The number of hydrogen-bond acceptors (Lipinski definition) is 4. The van der Waals surface area contributed by atoms with Gasteiger partial charge in [-0.1, -0.05) is 12.1 Å². The molecule has 4 rings (SSSR count). The SMILES string of the molecule is CCn1cc(F)c(S(N)(=O)=NC(=O)Nc2c3c(nc(C(F)(F)F)c2-c2cccc(F)c2)CCC3)n1. The number of urea groups is 1. The fraction of sp³-hybridized carbons (Fsp3) is 0.286. The second-order valence-corrected chi connectivity index (χ2v) is 9.43. The van der Waals surface area contributed by atoms with Gasteiger partial charge < -0.3 is 5.32 Å². The number of benzene rings is 1. The van der Waals surface area contributed by atoms with Crippen molar-refractivity contribution in [3.05, 3.63) is 59.0 Å². The van der Waals surface area contributed by atoms with Gasteiger partial charge in [0.25, 0.3) is 0 Å². The number of anilines is 1. The van der Waals surface area contributed by atoms with E-state index in [2.05, 4.69) is 19.8 Å². The van der Waals surface area contributed by atoms with Crippen molar-refractivity contribution < 1.29 is 31.0 Å². The van der Waals surface area contributed by atoms with Gasteiger partial charge in [-0.15, -0.1) is 4.36 Å². The molecule has 0 radical (unpaired) electrons. The van der Waals surface area contributed by atoms with E-state index < -0.39 is 50.0 Å². The van der Waals surface area contributed by atoms with Gasteiger partial charge in [0.1, 0.15) is 5.82 Å². The molecule has 1 unspecified atom stereocenters. The molecule has 1 atom stereocenters. The molecule has 3 aromatic rings. The zero-order valence-corrected chi connectivity index (χ0v) is 19.0. The van der Waals surface area contributed by atoms with Crippen LogP contribution >= 0.6 is 0 Å². The molecule has 0 spiro atoms. The number of fused-ring (bicyclic) bond motifs is 1. The van der Waals surface area contributed by atoms with Crippen LogP contribution in [0.15, 0.2) is 39.9 Å². The minimum absolute atomic E-state index is 0.119. The number of amides is 2. The second-order valence-electron chi connectivity index (χ2n) is 7.73. The molecular formula is C21H19F5N6O2S. The van der Waals surface area contributed by atoms with Crippen LogP contribution in [0.2, 0.25) is 0 Å². The molecule has 186 valence electrons. The highest BCUT2D eigenvalue weighted by atomic mass is 32.2. The number of alkyl halides is 3. The Morgan fingerprint density at radius 2 is 2.03 bits per heavy atom. The zero-order chi connectivity index (χ0) is 25.5. The van der Waals surface area contributed by atoms with E-state index in [1.807, 2.05) is 0 Å². The van der Waals surface area contributed by atoms with Gasteiger partial charge in [-0.25, -0.2) is 27.9 Å². The lowest BCUT2D eigenvalue weighted by molar-refractivity contribution is -0.140. The van der Waals surface area contributed by atoms with Gasteiger partial charge in [0.05, 0.1) is 11.9 Å². The minimum Gasteiger partial charge on any atom is -0.304 e. The monoisotopic (exact) mass is 514 g/mol. The van der Waals surface area contributed by atoms with E-state index in [0.717, 1.165) is 23.0 Å². The van der Waals surface area contributed by atoms with Crippen LogP contribution in [0, 0.1) is 11.6 Å². The van der Waals surface area contributed by atoms with E-state index in [4.69, 9.17) is 5.14 Å². The summed E-state index contributed by atoms with van der Waals surface area (Å²) in [5.74, 6) is -1.86. The molecule has 0 fully saturated rings. The molecule has 8 nitrogen and oxygen atoms in total. The van der Waals surface area contributed by atoms with Crippen LogP contribution in [-0.4, -0.2) is 25.0 Å². The van der Waals surface area contributed by atoms with Crippen LogP contribution in [-0.2, 0) is 35.5 Å². The predicted molar refractivity (Wildman–Crippen MR) is 117 cm³/mol. The minimum atomic E-state index is -4.94. The maximum Gasteiger partial charge on any atom is 0.434 e. The summed E-state index contributed by atoms with van der Waals surface area (Å²) in [5.41, 5.74) is -1.93. The third kappa shape index (κ3) is 4.89. The average molecular weight is 514 g/mol. The Balaban J connectivity index is 1.87. The van der Waals surface area contributed by atoms with Gasteiger partial charge >= 0.3 is 12.2 Å². The number of carbonyl (C=O) groups excluding carboxylic acids is 1. The Morgan fingerprint density at radius 3 is 2.66 bits per heavy atom. The van der Waals surface area contributed by atoms with Crippen LogP contribution in [0.3, 0.4) is 0 Å². The number of carbonyl (C=O) groups is 1. The van der Waals surface area contributed by atoms with Crippen LogP contribution in [0.5, 0.6) is 0 Å². The Bertz CT molecular complexity index is 1440. The molecule has 0 saturated heterocycles. The van der Waals surface area contributed by atoms with Crippen molar-refractivity contribution >= 4 is 21.6 Å². The highest BCUT2D eigenvalue weighted by molar-refractivity contribution is 7.91. The lowest BCUT2D eigenvalue weighted by atomic mass is 9.97. The first-order chi connectivity index (χ1) is 16.4. The van der Waals surface area contributed by atoms with Crippen molar-refractivity contribution in [2.45, 2.75) is 43.9 Å². The van der Waals surface area contributed by atoms with Crippen LogP contribution in [0.1, 0.15) is 30.3 Å². The summed E-state index contributed by atoms with van der Waals surface area (Å²) in [6.45, 7) is 1.85. The first-order valence-corrected chi connectivity index (χ1v) is 12.0. The number of hydrogen-bond donors (Lipinski definition) is 2. The van der Waals surface area contributed by atoms with E-state index >= 15 is 0 Å². The maximum absolute atomic E-state index is 14.2. The van der Waals surface area contributed by atoms with Gasteiger partial charge in [0.15, 0.2) is 21.4 Å². The molecular weight excluding hydrogens is 495 g/mol. The maximum atomic E-state index is 14.2. The summed E-state index contributed by atoms with van der Waals surface area (Å²) in [4.78, 5) is 16.5. The number of aromatic nitrogens is 3. The topological polar surface area (TPSA) is 115 Å². The summed E-state index contributed by atoms with van der Waals surface area (Å²) in [5, 5.41) is 10.7. The molecule has 1 aromatic carbocycles. The van der Waals surface area contributed by atoms with Gasteiger partial charge in [-0.2, -0.15) is 18.3 Å². The van der Waals surface area contributed by atoms with Gasteiger partial charge in [0.2, 0.25) is 5.03 Å². The largest absolute Gasteiger partial charge is 0.434 e. The highest BCUT2D eigenvalue weighted by Crippen LogP contribution is 2.44. The standard InChI is InChI=1S/C21H19F5N6O2S/c1-2-32-10-14(23)19(30-32)35(27,34)31-20(33)29-17-13-7-4-8-15(13)28-18(21(24,25)26)16(17)11-5-3-6-12(22)9-11/h3,5-6,9-10H,2,4,7-8H2,1H3,(H3,27,28,29,31,33,34). The van der Waals surface area contributed by atoms with Gasteiger partial charge in [-0.3, -0.25) is 4.68 Å². The van der Waals surface area contributed by atoms with Gasteiger partial charge in [-0.05, 0) is 49.4 Å². The molecule has 2 heterocycles. The zero-order valence-electron chi connectivity index (χ0n) is 18.2. The second kappa shape index (κ2) is 9.00. The number of nitrogens with zero attached hydrogens (tertiary/aromatic N) is 4. The number of nitrogens with one attached hydrogen (secondary N) is 1.